The highest BCUT2D eigenvalue weighted by Crippen LogP contribution is 2.37. The molecule has 22 heteroatoms. The molecule has 0 saturated heterocycles. The van der Waals surface area contributed by atoms with Crippen molar-refractivity contribution in [3.63, 3.8) is 0 Å². The summed E-state index contributed by atoms with van der Waals surface area (Å²) in [5.74, 6) is -5.15. The Morgan fingerprint density at radius 1 is 0.985 bits per heavy atom. The maximum absolute atomic E-state index is 14.7. The fourth-order valence-electron chi connectivity index (χ4n) is 7.75. The minimum Gasteiger partial charge on any atom is -0.491 e. The van der Waals surface area contributed by atoms with E-state index in [-0.39, 0.29) is 55.7 Å². The number of hydrogen-bond donors (Lipinski definition) is 3. The molecule has 5 aromatic rings. The molecule has 0 bridgehead atoms. The van der Waals surface area contributed by atoms with Crippen molar-refractivity contribution in [2.24, 2.45) is 5.92 Å². The summed E-state index contributed by atoms with van der Waals surface area (Å²) in [6, 6.07) is 8.82. The largest absolute Gasteiger partial charge is 0.491 e. The van der Waals surface area contributed by atoms with E-state index >= 15 is 0 Å². The van der Waals surface area contributed by atoms with Crippen LogP contribution >= 0.6 is 0 Å². The molecule has 19 nitrogen and oxygen atoms in total. The smallest absolute Gasteiger partial charge is 0.455 e. The quantitative estimate of drug-likeness (QED) is 0.173. The number of ether oxygens (including phenoxy) is 1. The topological polar surface area (TPSA) is 233 Å². The van der Waals surface area contributed by atoms with Gasteiger partial charge in [-0.1, -0.05) is 55.4 Å². The second-order valence-electron chi connectivity index (χ2n) is 17.0. The zero-order valence-corrected chi connectivity index (χ0v) is 37.0. The van der Waals surface area contributed by atoms with Gasteiger partial charge in [0.2, 0.25) is 29.5 Å². The summed E-state index contributed by atoms with van der Waals surface area (Å²) >= 11 is 0. The molecule has 3 aromatic heterocycles. The molecule has 4 atom stereocenters. The summed E-state index contributed by atoms with van der Waals surface area (Å²) in [6.45, 7) is 5.30. The van der Waals surface area contributed by atoms with E-state index in [1.54, 1.807) is 43.5 Å². The van der Waals surface area contributed by atoms with Gasteiger partial charge >= 0.3 is 6.18 Å². The van der Waals surface area contributed by atoms with Crippen molar-refractivity contribution in [2.75, 3.05) is 27.2 Å². The Kier molecular flexibility index (Phi) is 14.3. The number of amides is 5. The molecule has 7 rings (SSSR count). The first kappa shape index (κ1) is 47.0. The van der Waals surface area contributed by atoms with Crippen LogP contribution in [0.5, 0.6) is 5.75 Å². The summed E-state index contributed by atoms with van der Waals surface area (Å²) in [5, 5.41) is 24.4. The van der Waals surface area contributed by atoms with Crippen LogP contribution in [-0.2, 0) is 44.7 Å². The van der Waals surface area contributed by atoms with Gasteiger partial charge in [-0.15, -0.1) is 10.2 Å². The molecule has 1 fully saturated rings. The molecule has 1 aliphatic carbocycles. The van der Waals surface area contributed by atoms with Crippen molar-refractivity contribution in [2.45, 2.75) is 102 Å². The van der Waals surface area contributed by atoms with Gasteiger partial charge in [0.15, 0.2) is 5.82 Å². The second kappa shape index (κ2) is 20.0. The number of hydrogen-bond acceptors (Lipinski definition) is 13. The molecule has 1 aliphatic heterocycles. The molecule has 1 unspecified atom stereocenters. The number of carbonyl (C=O) groups is 5. The number of nitrogens with zero attached hydrogens (tertiary/aromatic N) is 9. The fraction of sp³-hybridized carbons (Fsp3) is 0.477. The van der Waals surface area contributed by atoms with Crippen LogP contribution < -0.4 is 20.7 Å². The van der Waals surface area contributed by atoms with Gasteiger partial charge in [-0.05, 0) is 67.0 Å². The summed E-state index contributed by atoms with van der Waals surface area (Å²) in [4.78, 5) is 83.9. The number of alkyl halides is 3. The standard InChI is InChI=1S/C44H51F3N12O7/c1-24(2)18-32-42(64)58(5)31(22-34-52-43(55-66-34)44(45,46)47)40(62)50-28(20-26-10-7-6-8-11-26)23-65-33-19-25(3)37-29(12-9-15-48-37)36(33)41(63)51-30(21-35(60)57(32)4)39(61)49-16-17-59-54-38(53-56-59)27-13-14-27/h6-12,15,19,24,27-28,30-32H,13-14,16-18,20-23H2,1-5H3,(H,49,61)(H,50,62)(H,51,63)/t28?,30-,31+,32-/m0/s1. The first-order valence-electron chi connectivity index (χ1n) is 21.6. The van der Waals surface area contributed by atoms with Gasteiger partial charge < -0.3 is 35.0 Å². The van der Waals surface area contributed by atoms with Crippen molar-refractivity contribution >= 4 is 40.4 Å². The van der Waals surface area contributed by atoms with Gasteiger partial charge in [-0.2, -0.15) is 23.0 Å². The second-order valence-corrected chi connectivity index (χ2v) is 17.0. The highest BCUT2D eigenvalue weighted by atomic mass is 19.4. The number of fused-ring (bicyclic) bond motifs is 3. The molecule has 1 saturated carbocycles. The number of likely N-dealkylation sites (N-methyl/N-ethyl adjacent to an activating group) is 2. The molecule has 2 aliphatic rings. The Hall–Kier alpha value is -7.00. The van der Waals surface area contributed by atoms with Crippen LogP contribution in [0.4, 0.5) is 13.2 Å². The Morgan fingerprint density at radius 2 is 1.74 bits per heavy atom. The third-order valence-corrected chi connectivity index (χ3v) is 11.5. The van der Waals surface area contributed by atoms with Gasteiger partial charge in [0, 0.05) is 38.1 Å². The number of aryl methyl sites for hydroxylation is 1. The number of halogens is 3. The molecule has 350 valence electrons. The van der Waals surface area contributed by atoms with E-state index in [0.29, 0.717) is 22.3 Å². The molecule has 0 radical (unpaired) electrons. The third-order valence-electron chi connectivity index (χ3n) is 11.5. The van der Waals surface area contributed by atoms with Crippen molar-refractivity contribution in [3.05, 3.63) is 89.0 Å². The van der Waals surface area contributed by atoms with Gasteiger partial charge in [0.05, 0.1) is 36.5 Å². The van der Waals surface area contributed by atoms with Crippen molar-refractivity contribution in [3.8, 4) is 5.75 Å². The van der Waals surface area contributed by atoms with Crippen molar-refractivity contribution in [1.29, 1.82) is 0 Å². The van der Waals surface area contributed by atoms with Crippen LogP contribution in [0.3, 0.4) is 0 Å². The van der Waals surface area contributed by atoms with Crippen molar-refractivity contribution < 1.29 is 46.4 Å². The number of benzene rings is 2. The summed E-state index contributed by atoms with van der Waals surface area (Å²) in [6.07, 6.45) is -2.44. The summed E-state index contributed by atoms with van der Waals surface area (Å²) in [7, 11) is 2.66. The van der Waals surface area contributed by atoms with Crippen LogP contribution in [0.1, 0.15) is 84.5 Å². The first-order chi connectivity index (χ1) is 31.5. The molecular formula is C44H51F3N12O7. The Labute approximate surface area is 377 Å². The average Bonchev–Trinajstić information content (AvgIpc) is 3.82. The lowest BCUT2D eigenvalue weighted by atomic mass is 9.99. The summed E-state index contributed by atoms with van der Waals surface area (Å²) < 4.78 is 52.2. The van der Waals surface area contributed by atoms with Gasteiger partial charge in [-0.25, -0.2) is 0 Å². The molecule has 5 amide bonds. The van der Waals surface area contributed by atoms with E-state index in [1.807, 2.05) is 32.0 Å². The highest BCUT2D eigenvalue weighted by molar-refractivity contribution is 6.10. The normalized spacial score (nSPS) is 20.4. The predicted octanol–water partition coefficient (Wildman–Crippen LogP) is 3.18. The number of nitrogens with one attached hydrogen (secondary N) is 3. The van der Waals surface area contributed by atoms with Crippen LogP contribution in [0.2, 0.25) is 0 Å². The number of aromatic nitrogens is 7. The molecule has 66 heavy (non-hydrogen) atoms. The minimum atomic E-state index is -4.95. The minimum absolute atomic E-state index is 0.00170. The fourth-order valence-corrected chi connectivity index (χ4v) is 7.75. The number of rotatable bonds is 11. The third kappa shape index (κ3) is 11.3. The highest BCUT2D eigenvalue weighted by Gasteiger charge is 2.41. The van der Waals surface area contributed by atoms with Gasteiger partial charge in [0.1, 0.15) is 30.5 Å². The number of pyridine rings is 1. The van der Waals surface area contributed by atoms with E-state index in [9.17, 15) is 37.1 Å². The molecule has 3 N–H and O–H groups in total. The Bertz CT molecular complexity index is 2560. The van der Waals surface area contributed by atoms with Crippen LogP contribution in [0.15, 0.2) is 59.3 Å². The van der Waals surface area contributed by atoms with Crippen LogP contribution in [0.25, 0.3) is 10.9 Å². The zero-order chi connectivity index (χ0) is 47.3. The summed E-state index contributed by atoms with van der Waals surface area (Å²) in [5.41, 5.74) is 1.88. The molecule has 0 spiro atoms. The monoisotopic (exact) mass is 916 g/mol. The van der Waals surface area contributed by atoms with E-state index < -0.39 is 84.4 Å². The maximum Gasteiger partial charge on any atom is 0.455 e. The van der Waals surface area contributed by atoms with E-state index in [1.165, 1.54) is 18.9 Å². The number of tetrazole rings is 1. The molecule has 2 aromatic carbocycles. The Morgan fingerprint density at radius 3 is 2.44 bits per heavy atom. The Balaban J connectivity index is 1.29. The average molecular weight is 917 g/mol. The maximum atomic E-state index is 14.7. The molecule has 4 heterocycles. The SMILES string of the molecule is Cc1cc2c(c3cccnc13)C(=O)N[C@H](C(=O)NCCn1nnc(C3CC3)n1)CC(=O)N(C)[C@@H](CC(C)C)C(=O)N(C)[C@H](Cc1nc(C(F)(F)F)no1)C(=O)NC(Cc1ccccc1)CO2. The zero-order valence-electron chi connectivity index (χ0n) is 37.0. The van der Waals surface area contributed by atoms with Crippen LogP contribution in [0, 0.1) is 12.8 Å². The predicted molar refractivity (Wildman–Crippen MR) is 228 cm³/mol. The van der Waals surface area contributed by atoms with Crippen LogP contribution in [-0.4, -0.2) is 126 Å². The lowest BCUT2D eigenvalue weighted by Crippen LogP contribution is -2.57. The van der Waals surface area contributed by atoms with Gasteiger partial charge in [-0.3, -0.25) is 29.0 Å². The van der Waals surface area contributed by atoms with Gasteiger partial charge in [0.25, 0.3) is 11.7 Å². The lowest BCUT2D eigenvalue weighted by Gasteiger charge is -2.35. The van der Waals surface area contributed by atoms with E-state index in [4.69, 9.17) is 9.26 Å². The first-order valence-corrected chi connectivity index (χ1v) is 21.6. The van der Waals surface area contributed by atoms with E-state index in [2.05, 4.69) is 46.5 Å². The molecular weight excluding hydrogens is 866 g/mol. The number of carbonyl (C=O) groups excluding carboxylic acids is 5. The van der Waals surface area contributed by atoms with Crippen molar-refractivity contribution in [1.82, 2.24) is 61.1 Å². The van der Waals surface area contributed by atoms with E-state index in [0.717, 1.165) is 28.2 Å². The lowest BCUT2D eigenvalue weighted by molar-refractivity contribution is -0.148.